The lowest BCUT2D eigenvalue weighted by molar-refractivity contribution is -0.141. The molecule has 2 N–H and O–H groups in total. The number of hydrogen-bond acceptors (Lipinski definition) is 3. The molecule has 2 rings (SSSR count). The summed E-state index contributed by atoms with van der Waals surface area (Å²) in [6.07, 6.45) is 2.16. The zero-order valence-electron chi connectivity index (χ0n) is 11.5. The summed E-state index contributed by atoms with van der Waals surface area (Å²) in [5.74, 6) is -0.819. The first-order valence-electron chi connectivity index (χ1n) is 6.74. The molecule has 0 spiro atoms. The molecule has 1 atom stereocenters. The summed E-state index contributed by atoms with van der Waals surface area (Å²) in [5.41, 5.74) is 0.836. The van der Waals surface area contributed by atoms with Crippen LogP contribution >= 0.6 is 0 Å². The van der Waals surface area contributed by atoms with Crippen molar-refractivity contribution in [2.24, 2.45) is 11.8 Å². The molecule has 1 aromatic rings. The van der Waals surface area contributed by atoms with Crippen LogP contribution in [0.2, 0.25) is 0 Å². The molecule has 0 aliphatic heterocycles. The maximum Gasteiger partial charge on any atom is 0.308 e. The van der Waals surface area contributed by atoms with Crippen LogP contribution in [0, 0.1) is 11.8 Å². The summed E-state index contributed by atoms with van der Waals surface area (Å²) in [6.45, 7) is 0.155. The lowest BCUT2D eigenvalue weighted by Crippen LogP contribution is -2.34. The van der Waals surface area contributed by atoms with E-state index in [0.717, 1.165) is 18.4 Å². The number of benzene rings is 1. The van der Waals surface area contributed by atoms with E-state index in [1.54, 1.807) is 13.2 Å². The van der Waals surface area contributed by atoms with Crippen molar-refractivity contribution >= 4 is 11.9 Å². The van der Waals surface area contributed by atoms with Crippen molar-refractivity contribution in [1.29, 1.82) is 0 Å². The summed E-state index contributed by atoms with van der Waals surface area (Å²) < 4.78 is 5.22. The second kappa shape index (κ2) is 6.41. The monoisotopic (exact) mass is 277 g/mol. The minimum Gasteiger partial charge on any atom is -0.496 e. The highest BCUT2D eigenvalue weighted by Crippen LogP contribution is 2.29. The molecular weight excluding hydrogens is 258 g/mol. The van der Waals surface area contributed by atoms with Crippen LogP contribution in [-0.2, 0) is 16.0 Å². The minimum absolute atomic E-state index is 0.0312. The average Bonchev–Trinajstić information content (AvgIpc) is 3.27. The molecule has 1 aliphatic carbocycles. The number of hydrogen-bond donors (Lipinski definition) is 2. The van der Waals surface area contributed by atoms with Crippen LogP contribution in [-0.4, -0.2) is 30.6 Å². The summed E-state index contributed by atoms with van der Waals surface area (Å²) >= 11 is 0. The zero-order chi connectivity index (χ0) is 14.5. The lowest BCUT2D eigenvalue weighted by atomic mass is 9.98. The maximum atomic E-state index is 11.6. The predicted octanol–water partition coefficient (Wildman–Crippen LogP) is 1.46. The quantitative estimate of drug-likeness (QED) is 0.791. The third-order valence-corrected chi connectivity index (χ3v) is 3.48. The van der Waals surface area contributed by atoms with Gasteiger partial charge in [-0.3, -0.25) is 9.59 Å². The Hall–Kier alpha value is -2.04. The summed E-state index contributed by atoms with van der Waals surface area (Å²) in [6, 6.07) is 7.33. The van der Waals surface area contributed by atoms with Gasteiger partial charge in [0.1, 0.15) is 5.75 Å². The van der Waals surface area contributed by atoms with Crippen LogP contribution in [0.5, 0.6) is 5.75 Å². The first-order valence-corrected chi connectivity index (χ1v) is 6.74. The van der Waals surface area contributed by atoms with Gasteiger partial charge in [0.2, 0.25) is 5.91 Å². The topological polar surface area (TPSA) is 75.6 Å². The van der Waals surface area contributed by atoms with Gasteiger partial charge in [-0.15, -0.1) is 0 Å². The van der Waals surface area contributed by atoms with Crippen LogP contribution in [0.15, 0.2) is 24.3 Å². The number of carbonyl (C=O) groups excluding carboxylic acids is 1. The second-order valence-electron chi connectivity index (χ2n) is 5.07. The summed E-state index contributed by atoms with van der Waals surface area (Å²) in [7, 11) is 1.56. The molecule has 5 heteroatoms. The van der Waals surface area contributed by atoms with Gasteiger partial charge in [0, 0.05) is 12.5 Å². The van der Waals surface area contributed by atoms with E-state index in [1.807, 2.05) is 18.2 Å². The van der Waals surface area contributed by atoms with Gasteiger partial charge in [-0.2, -0.15) is 0 Å². The first-order chi connectivity index (χ1) is 9.61. The van der Waals surface area contributed by atoms with Crippen molar-refractivity contribution in [3.05, 3.63) is 29.8 Å². The van der Waals surface area contributed by atoms with Crippen LogP contribution < -0.4 is 10.1 Å². The highest BCUT2D eigenvalue weighted by molar-refractivity contribution is 5.81. The van der Waals surface area contributed by atoms with Gasteiger partial charge in [-0.1, -0.05) is 18.2 Å². The molecule has 0 unspecified atom stereocenters. The Morgan fingerprint density at radius 2 is 2.10 bits per heavy atom. The Morgan fingerprint density at radius 3 is 2.70 bits per heavy atom. The average molecular weight is 277 g/mol. The third-order valence-electron chi connectivity index (χ3n) is 3.48. The smallest absolute Gasteiger partial charge is 0.308 e. The van der Waals surface area contributed by atoms with E-state index in [0.29, 0.717) is 12.2 Å². The van der Waals surface area contributed by atoms with Crippen molar-refractivity contribution in [1.82, 2.24) is 5.32 Å². The van der Waals surface area contributed by atoms with E-state index in [-0.39, 0.29) is 18.4 Å². The van der Waals surface area contributed by atoms with Crippen molar-refractivity contribution in [3.8, 4) is 5.75 Å². The SMILES string of the molecule is COc1ccccc1C[C@@H](CNC(=O)C1CC1)C(=O)O. The molecule has 1 aliphatic rings. The highest BCUT2D eigenvalue weighted by Gasteiger charge is 2.30. The molecule has 20 heavy (non-hydrogen) atoms. The van der Waals surface area contributed by atoms with Crippen LogP contribution in [0.4, 0.5) is 0 Å². The number of aliphatic carboxylic acids is 1. The number of amides is 1. The van der Waals surface area contributed by atoms with Gasteiger partial charge in [-0.25, -0.2) is 0 Å². The third kappa shape index (κ3) is 3.73. The van der Waals surface area contributed by atoms with E-state index in [9.17, 15) is 14.7 Å². The largest absolute Gasteiger partial charge is 0.496 e. The number of carbonyl (C=O) groups is 2. The Bertz CT molecular complexity index is 496. The van der Waals surface area contributed by atoms with E-state index in [2.05, 4.69) is 5.32 Å². The molecule has 0 saturated heterocycles. The molecule has 0 radical (unpaired) electrons. The molecule has 0 aromatic heterocycles. The van der Waals surface area contributed by atoms with Gasteiger partial charge >= 0.3 is 5.97 Å². The molecular formula is C15H19NO4. The van der Waals surface area contributed by atoms with Crippen LogP contribution in [0.25, 0.3) is 0 Å². The fourth-order valence-electron chi connectivity index (χ4n) is 2.10. The van der Waals surface area contributed by atoms with E-state index in [4.69, 9.17) is 4.74 Å². The van der Waals surface area contributed by atoms with E-state index in [1.165, 1.54) is 0 Å². The fourth-order valence-corrected chi connectivity index (χ4v) is 2.10. The van der Waals surface area contributed by atoms with Gasteiger partial charge in [-0.05, 0) is 30.9 Å². The van der Waals surface area contributed by atoms with Gasteiger partial charge in [0.15, 0.2) is 0 Å². The van der Waals surface area contributed by atoms with Crippen LogP contribution in [0.1, 0.15) is 18.4 Å². The molecule has 5 nitrogen and oxygen atoms in total. The summed E-state index contributed by atoms with van der Waals surface area (Å²) in [5, 5.41) is 12.0. The first kappa shape index (κ1) is 14.4. The Labute approximate surface area is 117 Å². The second-order valence-corrected chi connectivity index (χ2v) is 5.07. The Morgan fingerprint density at radius 1 is 1.40 bits per heavy atom. The van der Waals surface area contributed by atoms with Crippen molar-refractivity contribution in [3.63, 3.8) is 0 Å². The number of carboxylic acid groups (broad SMARTS) is 1. The van der Waals surface area contributed by atoms with Crippen molar-refractivity contribution in [2.45, 2.75) is 19.3 Å². The summed E-state index contributed by atoms with van der Waals surface area (Å²) in [4.78, 5) is 22.9. The van der Waals surface area contributed by atoms with Crippen molar-refractivity contribution < 1.29 is 19.4 Å². The molecule has 0 heterocycles. The van der Waals surface area contributed by atoms with Crippen molar-refractivity contribution in [2.75, 3.05) is 13.7 Å². The maximum absolute atomic E-state index is 11.6. The van der Waals surface area contributed by atoms with E-state index < -0.39 is 11.9 Å². The molecule has 1 amide bonds. The molecule has 108 valence electrons. The normalized spacial score (nSPS) is 15.4. The molecule has 1 fully saturated rings. The van der Waals surface area contributed by atoms with Gasteiger partial charge in [0.25, 0.3) is 0 Å². The number of carboxylic acids is 1. The Balaban J connectivity index is 1.97. The molecule has 1 aromatic carbocycles. The predicted molar refractivity (Wildman–Crippen MR) is 73.6 cm³/mol. The fraction of sp³-hybridized carbons (Fsp3) is 0.467. The van der Waals surface area contributed by atoms with Gasteiger partial charge < -0.3 is 15.2 Å². The number of nitrogens with one attached hydrogen (secondary N) is 1. The van der Waals surface area contributed by atoms with E-state index >= 15 is 0 Å². The number of para-hydroxylation sites is 1. The standard InChI is InChI=1S/C15H19NO4/c1-20-13-5-3-2-4-11(13)8-12(15(18)19)9-16-14(17)10-6-7-10/h2-5,10,12H,6-9H2,1H3,(H,16,17)(H,18,19)/t12-/m0/s1. The van der Waals surface area contributed by atoms with Crippen LogP contribution in [0.3, 0.4) is 0 Å². The molecule has 0 bridgehead atoms. The number of methoxy groups -OCH3 is 1. The lowest BCUT2D eigenvalue weighted by Gasteiger charge is -2.15. The minimum atomic E-state index is -0.910. The molecule has 1 saturated carbocycles. The number of ether oxygens (including phenoxy) is 1. The van der Waals surface area contributed by atoms with Gasteiger partial charge in [0.05, 0.1) is 13.0 Å². The Kier molecular flexibility index (Phi) is 4.61. The highest BCUT2D eigenvalue weighted by atomic mass is 16.5. The zero-order valence-corrected chi connectivity index (χ0v) is 11.5. The number of rotatable bonds is 7.